The molecule has 4 aromatic rings. The molecule has 1 atom stereocenters. The molecule has 0 bridgehead atoms. The summed E-state index contributed by atoms with van der Waals surface area (Å²) in [7, 11) is 1.32. The Balaban J connectivity index is 1.52. The maximum atomic E-state index is 12.7. The van der Waals surface area contributed by atoms with E-state index in [0.29, 0.717) is 12.0 Å². The number of aromatic nitrogens is 2. The summed E-state index contributed by atoms with van der Waals surface area (Å²) in [5.74, 6) is -0.799. The van der Waals surface area contributed by atoms with E-state index in [4.69, 9.17) is 4.74 Å². The summed E-state index contributed by atoms with van der Waals surface area (Å²) < 4.78 is 6.87. The number of carbonyl (C=O) groups excluding carboxylic acids is 2. The lowest BCUT2D eigenvalue weighted by atomic mass is 10.0. The van der Waals surface area contributed by atoms with Crippen molar-refractivity contribution < 1.29 is 14.3 Å². The number of para-hydroxylation sites is 1. The summed E-state index contributed by atoms with van der Waals surface area (Å²) in [5, 5.41) is 3.83. The van der Waals surface area contributed by atoms with Gasteiger partial charge in [0.1, 0.15) is 6.04 Å². The lowest BCUT2D eigenvalue weighted by molar-refractivity contribution is -0.142. The molecule has 0 aliphatic carbocycles. The van der Waals surface area contributed by atoms with Gasteiger partial charge in [0.25, 0.3) is 5.91 Å². The van der Waals surface area contributed by atoms with E-state index >= 15 is 0 Å². The molecule has 0 spiro atoms. The van der Waals surface area contributed by atoms with Crippen LogP contribution >= 0.6 is 0 Å². The third-order valence-corrected chi connectivity index (χ3v) is 4.92. The minimum absolute atomic E-state index is 0.320. The molecule has 0 saturated carbocycles. The number of H-pyrrole nitrogens is 1. The number of methoxy groups -OCH3 is 1. The molecule has 6 heteroatoms. The summed E-state index contributed by atoms with van der Waals surface area (Å²) in [6, 6.07) is 18.1. The number of nitrogens with one attached hydrogen (secondary N) is 2. The van der Waals surface area contributed by atoms with Crippen LogP contribution in [-0.4, -0.2) is 34.6 Å². The van der Waals surface area contributed by atoms with Crippen molar-refractivity contribution in [3.05, 3.63) is 90.4 Å². The van der Waals surface area contributed by atoms with Crippen LogP contribution in [0.5, 0.6) is 0 Å². The van der Waals surface area contributed by atoms with E-state index in [-0.39, 0.29) is 5.91 Å². The first-order valence-electron chi connectivity index (χ1n) is 9.33. The van der Waals surface area contributed by atoms with Gasteiger partial charge in [-0.15, -0.1) is 0 Å². The van der Waals surface area contributed by atoms with Crippen molar-refractivity contribution in [2.75, 3.05) is 7.11 Å². The van der Waals surface area contributed by atoms with Crippen molar-refractivity contribution in [3.8, 4) is 5.69 Å². The van der Waals surface area contributed by atoms with E-state index in [2.05, 4.69) is 10.3 Å². The molecular formula is C23H21N3O3. The molecule has 1 unspecified atom stereocenters. The fourth-order valence-electron chi connectivity index (χ4n) is 3.39. The first kappa shape index (κ1) is 18.6. The SMILES string of the molecule is COC(=O)C(Cc1c[nH]c2ccccc12)NC(=O)c1ccc(-n2cccc2)cc1. The fourth-order valence-corrected chi connectivity index (χ4v) is 3.39. The summed E-state index contributed by atoms with van der Waals surface area (Å²) >= 11 is 0. The number of benzene rings is 2. The van der Waals surface area contributed by atoms with E-state index in [1.165, 1.54) is 7.11 Å². The van der Waals surface area contributed by atoms with Crippen LogP contribution in [0.1, 0.15) is 15.9 Å². The Morgan fingerprint density at radius 2 is 1.76 bits per heavy atom. The zero-order chi connectivity index (χ0) is 20.2. The summed E-state index contributed by atoms with van der Waals surface area (Å²) in [6.45, 7) is 0. The van der Waals surface area contributed by atoms with Crippen LogP contribution in [0.2, 0.25) is 0 Å². The topological polar surface area (TPSA) is 76.1 Å². The summed E-state index contributed by atoms with van der Waals surface area (Å²) in [5.41, 5.74) is 3.36. The van der Waals surface area contributed by atoms with Crippen LogP contribution < -0.4 is 5.32 Å². The van der Waals surface area contributed by atoms with Crippen molar-refractivity contribution in [1.82, 2.24) is 14.9 Å². The summed E-state index contributed by atoms with van der Waals surface area (Å²) in [4.78, 5) is 28.2. The van der Waals surface area contributed by atoms with E-state index in [0.717, 1.165) is 22.2 Å². The standard InChI is InChI=1S/C23H21N3O3/c1-29-23(28)21(14-17-15-24-20-7-3-2-6-19(17)20)25-22(27)16-8-10-18(11-9-16)26-12-4-5-13-26/h2-13,15,21,24H,14H2,1H3,(H,25,27). The highest BCUT2D eigenvalue weighted by atomic mass is 16.5. The molecule has 2 heterocycles. The molecule has 2 aromatic carbocycles. The van der Waals surface area contributed by atoms with Crippen molar-refractivity contribution in [1.29, 1.82) is 0 Å². The van der Waals surface area contributed by atoms with Crippen LogP contribution in [0.25, 0.3) is 16.6 Å². The molecule has 6 nitrogen and oxygen atoms in total. The van der Waals surface area contributed by atoms with Gasteiger partial charge in [0.2, 0.25) is 0 Å². The normalized spacial score (nSPS) is 11.9. The number of nitrogens with zero attached hydrogens (tertiary/aromatic N) is 1. The van der Waals surface area contributed by atoms with Crippen molar-refractivity contribution in [2.45, 2.75) is 12.5 Å². The molecule has 0 aliphatic rings. The first-order chi connectivity index (χ1) is 14.2. The average Bonchev–Trinajstić information content (AvgIpc) is 3.43. The number of amides is 1. The summed E-state index contributed by atoms with van der Waals surface area (Å²) in [6.07, 6.45) is 6.07. The minimum atomic E-state index is -0.782. The highest BCUT2D eigenvalue weighted by molar-refractivity contribution is 5.97. The van der Waals surface area contributed by atoms with E-state index in [1.807, 2.05) is 71.7 Å². The zero-order valence-corrected chi connectivity index (χ0v) is 16.0. The number of fused-ring (bicyclic) bond motifs is 1. The Morgan fingerprint density at radius 1 is 1.03 bits per heavy atom. The van der Waals surface area contributed by atoms with Gasteiger partial charge in [-0.2, -0.15) is 0 Å². The van der Waals surface area contributed by atoms with Gasteiger partial charge in [-0.25, -0.2) is 4.79 Å². The van der Waals surface area contributed by atoms with Crippen LogP contribution in [0.15, 0.2) is 79.3 Å². The molecule has 1 amide bonds. The van der Waals surface area contributed by atoms with Crippen molar-refractivity contribution in [3.63, 3.8) is 0 Å². The smallest absolute Gasteiger partial charge is 0.328 e. The molecule has 0 fully saturated rings. The number of aromatic amines is 1. The van der Waals surface area contributed by atoms with Gasteiger partial charge >= 0.3 is 5.97 Å². The van der Waals surface area contributed by atoms with Gasteiger partial charge in [0.15, 0.2) is 0 Å². The quantitative estimate of drug-likeness (QED) is 0.498. The van der Waals surface area contributed by atoms with Gasteiger partial charge in [0, 0.05) is 47.2 Å². The molecule has 29 heavy (non-hydrogen) atoms. The lowest BCUT2D eigenvalue weighted by Crippen LogP contribution is -2.43. The third-order valence-electron chi connectivity index (χ3n) is 4.92. The molecular weight excluding hydrogens is 366 g/mol. The number of ether oxygens (including phenoxy) is 1. The van der Waals surface area contributed by atoms with E-state index in [1.54, 1.807) is 12.1 Å². The first-order valence-corrected chi connectivity index (χ1v) is 9.33. The highest BCUT2D eigenvalue weighted by Crippen LogP contribution is 2.19. The number of hydrogen-bond acceptors (Lipinski definition) is 3. The molecule has 0 saturated heterocycles. The van der Waals surface area contributed by atoms with E-state index in [9.17, 15) is 9.59 Å². The van der Waals surface area contributed by atoms with E-state index < -0.39 is 12.0 Å². The predicted molar refractivity (Wildman–Crippen MR) is 111 cm³/mol. The maximum absolute atomic E-state index is 12.7. The van der Waals surface area contributed by atoms with Gasteiger partial charge in [-0.1, -0.05) is 18.2 Å². The second-order valence-corrected chi connectivity index (χ2v) is 6.75. The van der Waals surface area contributed by atoms with Gasteiger partial charge in [-0.05, 0) is 48.0 Å². The Kier molecular flexibility index (Phi) is 5.16. The van der Waals surface area contributed by atoms with Crippen molar-refractivity contribution >= 4 is 22.8 Å². The lowest BCUT2D eigenvalue weighted by Gasteiger charge is -2.16. The molecule has 0 aliphatic heterocycles. The number of rotatable bonds is 6. The predicted octanol–water partition coefficient (Wildman–Crippen LogP) is 3.47. The molecule has 2 aromatic heterocycles. The van der Waals surface area contributed by atoms with Crippen molar-refractivity contribution in [2.24, 2.45) is 0 Å². The minimum Gasteiger partial charge on any atom is -0.467 e. The van der Waals surface area contributed by atoms with Crippen LogP contribution in [-0.2, 0) is 16.0 Å². The van der Waals surface area contributed by atoms with Gasteiger partial charge in [0.05, 0.1) is 7.11 Å². The Bertz CT molecular complexity index is 1130. The number of carbonyl (C=O) groups is 2. The average molecular weight is 387 g/mol. The molecule has 146 valence electrons. The zero-order valence-electron chi connectivity index (χ0n) is 16.0. The molecule has 0 radical (unpaired) electrons. The van der Waals surface area contributed by atoms with Gasteiger partial charge < -0.3 is 19.6 Å². The Hall–Kier alpha value is -3.80. The van der Waals surface area contributed by atoms with Crippen LogP contribution in [0, 0.1) is 0 Å². The molecule has 4 rings (SSSR count). The monoisotopic (exact) mass is 387 g/mol. The number of esters is 1. The number of hydrogen-bond donors (Lipinski definition) is 2. The fraction of sp³-hybridized carbons (Fsp3) is 0.130. The second kappa shape index (κ2) is 8.06. The maximum Gasteiger partial charge on any atom is 0.328 e. The Labute approximate surface area is 168 Å². The Morgan fingerprint density at radius 3 is 2.48 bits per heavy atom. The largest absolute Gasteiger partial charge is 0.467 e. The molecule has 2 N–H and O–H groups in total. The van der Waals surface area contributed by atoms with Gasteiger partial charge in [-0.3, -0.25) is 4.79 Å². The van der Waals surface area contributed by atoms with Crippen LogP contribution in [0.3, 0.4) is 0 Å². The highest BCUT2D eigenvalue weighted by Gasteiger charge is 2.24. The second-order valence-electron chi connectivity index (χ2n) is 6.75. The third kappa shape index (κ3) is 3.91. The van der Waals surface area contributed by atoms with Crippen LogP contribution in [0.4, 0.5) is 0 Å².